The largest absolute Gasteiger partial charge is 0.456 e. The van der Waals surface area contributed by atoms with Gasteiger partial charge in [-0.1, -0.05) is 24.3 Å². The van der Waals surface area contributed by atoms with E-state index in [1.54, 1.807) is 12.1 Å². The Kier molecular flexibility index (Phi) is 4.78. The van der Waals surface area contributed by atoms with Gasteiger partial charge in [0.05, 0.1) is 4.90 Å². The maximum atomic E-state index is 12.8. The molecule has 0 unspecified atom stereocenters. The molecule has 1 aliphatic carbocycles. The Balaban J connectivity index is 1.79. The zero-order chi connectivity index (χ0) is 22.6. The number of carbonyl (C=O) groups excluding carboxylic acids is 2. The standard InChI is InChI=1S/C20H12O9S2/c21-19-13-3-1-2-4-14(13)20(22)16-9-11(5-7-15(16)19)29-17-8-6-12(30(23,24)25)10-18(17)31(26,27)28/h1-10H,(H,23,24,25)(H,26,27,28). The summed E-state index contributed by atoms with van der Waals surface area (Å²) >= 11 is 0. The molecule has 0 atom stereocenters. The number of benzene rings is 3. The van der Waals surface area contributed by atoms with Crippen molar-refractivity contribution in [1.29, 1.82) is 0 Å². The van der Waals surface area contributed by atoms with Crippen LogP contribution in [0.25, 0.3) is 0 Å². The summed E-state index contributed by atoms with van der Waals surface area (Å²) in [5.74, 6) is -1.27. The summed E-state index contributed by atoms with van der Waals surface area (Å²) in [6, 6.07) is 12.6. The molecule has 0 radical (unpaired) electrons. The van der Waals surface area contributed by atoms with Crippen LogP contribution in [-0.2, 0) is 20.2 Å². The Hall–Kier alpha value is -3.38. The fourth-order valence-corrected chi connectivity index (χ4v) is 4.42. The molecule has 0 heterocycles. The first-order chi connectivity index (χ1) is 14.5. The van der Waals surface area contributed by atoms with E-state index in [0.717, 1.165) is 12.1 Å². The second kappa shape index (κ2) is 7.10. The molecule has 0 bridgehead atoms. The Labute approximate surface area is 176 Å². The van der Waals surface area contributed by atoms with Crippen LogP contribution >= 0.6 is 0 Å². The van der Waals surface area contributed by atoms with Crippen LogP contribution in [0.5, 0.6) is 11.5 Å². The predicted octanol–water partition coefficient (Wildman–Crippen LogP) is 2.75. The summed E-state index contributed by atoms with van der Waals surface area (Å²) in [4.78, 5) is 23.8. The number of carbonyl (C=O) groups is 2. The zero-order valence-electron chi connectivity index (χ0n) is 15.3. The van der Waals surface area contributed by atoms with Gasteiger partial charge in [0, 0.05) is 22.3 Å². The summed E-state index contributed by atoms with van der Waals surface area (Å²) in [6.07, 6.45) is 0. The van der Waals surface area contributed by atoms with E-state index in [-0.39, 0.29) is 33.8 Å². The molecule has 0 spiro atoms. The van der Waals surface area contributed by atoms with Gasteiger partial charge in [-0.3, -0.25) is 18.7 Å². The van der Waals surface area contributed by atoms with Crippen molar-refractivity contribution in [3.05, 3.63) is 82.9 Å². The molecule has 0 fully saturated rings. The van der Waals surface area contributed by atoms with Crippen LogP contribution in [0.3, 0.4) is 0 Å². The monoisotopic (exact) mass is 460 g/mol. The Morgan fingerprint density at radius 2 is 1.23 bits per heavy atom. The summed E-state index contributed by atoms with van der Waals surface area (Å²) < 4.78 is 69.9. The van der Waals surface area contributed by atoms with Crippen molar-refractivity contribution in [3.63, 3.8) is 0 Å². The Morgan fingerprint density at radius 1 is 0.645 bits per heavy atom. The minimum Gasteiger partial charge on any atom is -0.456 e. The van der Waals surface area contributed by atoms with E-state index in [9.17, 15) is 31.0 Å². The lowest BCUT2D eigenvalue weighted by atomic mass is 9.84. The first-order valence-corrected chi connectivity index (χ1v) is 11.4. The lowest BCUT2D eigenvalue weighted by molar-refractivity contribution is 0.0979. The summed E-state index contributed by atoms with van der Waals surface area (Å²) in [5, 5.41) is 0. The van der Waals surface area contributed by atoms with E-state index in [4.69, 9.17) is 9.29 Å². The van der Waals surface area contributed by atoms with Gasteiger partial charge in [0.2, 0.25) is 0 Å². The minimum atomic E-state index is -4.93. The van der Waals surface area contributed by atoms with Crippen molar-refractivity contribution in [3.8, 4) is 11.5 Å². The molecule has 0 amide bonds. The molecule has 3 aromatic rings. The van der Waals surface area contributed by atoms with Crippen LogP contribution < -0.4 is 4.74 Å². The maximum Gasteiger partial charge on any atom is 0.298 e. The van der Waals surface area contributed by atoms with Crippen molar-refractivity contribution < 1.29 is 40.3 Å². The number of ketones is 2. The Bertz CT molecular complexity index is 1490. The van der Waals surface area contributed by atoms with E-state index in [1.165, 1.54) is 30.3 Å². The molecule has 0 saturated carbocycles. The SMILES string of the molecule is O=C1c2ccccc2C(=O)c2cc(Oc3ccc(S(=O)(=O)O)cc3S(=O)(=O)O)ccc21. The summed E-state index contributed by atoms with van der Waals surface area (Å²) in [6.45, 7) is 0. The lowest BCUT2D eigenvalue weighted by Gasteiger charge is -2.18. The van der Waals surface area contributed by atoms with Crippen LogP contribution in [0.1, 0.15) is 31.8 Å². The second-order valence-electron chi connectivity index (χ2n) is 6.57. The van der Waals surface area contributed by atoms with Crippen molar-refractivity contribution in [2.24, 2.45) is 0 Å². The molecular formula is C20H12O9S2. The van der Waals surface area contributed by atoms with Crippen molar-refractivity contribution in [2.75, 3.05) is 0 Å². The Morgan fingerprint density at radius 3 is 1.81 bits per heavy atom. The molecule has 9 nitrogen and oxygen atoms in total. The molecule has 0 aliphatic heterocycles. The van der Waals surface area contributed by atoms with Gasteiger partial charge in [-0.15, -0.1) is 0 Å². The van der Waals surface area contributed by atoms with E-state index in [2.05, 4.69) is 0 Å². The zero-order valence-corrected chi connectivity index (χ0v) is 17.0. The maximum absolute atomic E-state index is 12.8. The van der Waals surface area contributed by atoms with Gasteiger partial charge in [-0.2, -0.15) is 16.8 Å². The molecule has 3 aromatic carbocycles. The van der Waals surface area contributed by atoms with Crippen molar-refractivity contribution >= 4 is 31.8 Å². The predicted molar refractivity (Wildman–Crippen MR) is 106 cm³/mol. The average Bonchev–Trinajstić information content (AvgIpc) is 2.70. The van der Waals surface area contributed by atoms with Crippen LogP contribution in [0.15, 0.2) is 70.5 Å². The van der Waals surface area contributed by atoms with Gasteiger partial charge < -0.3 is 4.74 Å². The molecule has 0 aromatic heterocycles. The van der Waals surface area contributed by atoms with Crippen LogP contribution in [-0.4, -0.2) is 37.5 Å². The summed E-state index contributed by atoms with van der Waals surface area (Å²) in [7, 11) is -9.68. The molecule has 11 heteroatoms. The van der Waals surface area contributed by atoms with Gasteiger partial charge in [0.25, 0.3) is 20.2 Å². The number of rotatable bonds is 4. The quantitative estimate of drug-likeness (QED) is 0.438. The highest BCUT2D eigenvalue weighted by Crippen LogP contribution is 2.34. The van der Waals surface area contributed by atoms with Gasteiger partial charge in [0.15, 0.2) is 11.6 Å². The first kappa shape index (κ1) is 20.9. The third-order valence-corrected chi connectivity index (χ3v) is 6.34. The molecule has 0 saturated heterocycles. The molecule has 2 N–H and O–H groups in total. The normalized spacial score (nSPS) is 13.5. The van der Waals surface area contributed by atoms with Gasteiger partial charge in [-0.25, -0.2) is 0 Å². The first-order valence-electron chi connectivity index (χ1n) is 8.56. The van der Waals surface area contributed by atoms with E-state index in [0.29, 0.717) is 6.07 Å². The van der Waals surface area contributed by atoms with Gasteiger partial charge >= 0.3 is 0 Å². The van der Waals surface area contributed by atoms with Crippen LogP contribution in [0.2, 0.25) is 0 Å². The number of hydrogen-bond acceptors (Lipinski definition) is 7. The number of fused-ring (bicyclic) bond motifs is 2. The lowest BCUT2D eigenvalue weighted by Crippen LogP contribution is -2.20. The highest BCUT2D eigenvalue weighted by molar-refractivity contribution is 7.86. The number of ether oxygens (including phenoxy) is 1. The highest BCUT2D eigenvalue weighted by Gasteiger charge is 2.30. The molecule has 4 rings (SSSR count). The average molecular weight is 460 g/mol. The topological polar surface area (TPSA) is 152 Å². The molecular weight excluding hydrogens is 448 g/mol. The fourth-order valence-electron chi connectivity index (χ4n) is 3.20. The van der Waals surface area contributed by atoms with Crippen LogP contribution in [0.4, 0.5) is 0 Å². The van der Waals surface area contributed by atoms with Crippen molar-refractivity contribution in [2.45, 2.75) is 9.79 Å². The third-order valence-electron chi connectivity index (χ3n) is 4.62. The van der Waals surface area contributed by atoms with E-state index >= 15 is 0 Å². The van der Waals surface area contributed by atoms with Crippen LogP contribution in [0, 0.1) is 0 Å². The summed E-state index contributed by atoms with van der Waals surface area (Å²) in [5.41, 5.74) is 0.674. The smallest absolute Gasteiger partial charge is 0.298 e. The fraction of sp³-hybridized carbons (Fsp3) is 0. The minimum absolute atomic E-state index is 0.0382. The van der Waals surface area contributed by atoms with Gasteiger partial charge in [0.1, 0.15) is 16.4 Å². The second-order valence-corrected chi connectivity index (χ2v) is 9.38. The third kappa shape index (κ3) is 3.75. The molecule has 158 valence electrons. The number of hydrogen-bond donors (Lipinski definition) is 2. The molecule has 31 heavy (non-hydrogen) atoms. The van der Waals surface area contributed by atoms with Crippen molar-refractivity contribution in [1.82, 2.24) is 0 Å². The highest BCUT2D eigenvalue weighted by atomic mass is 32.2. The van der Waals surface area contributed by atoms with Gasteiger partial charge in [-0.05, 0) is 36.4 Å². The van der Waals surface area contributed by atoms with E-state index in [1.807, 2.05) is 0 Å². The molecule has 1 aliphatic rings. The van der Waals surface area contributed by atoms with E-state index < -0.39 is 41.6 Å².